The summed E-state index contributed by atoms with van der Waals surface area (Å²) in [5.74, 6) is 1.27. The molecule has 0 radical (unpaired) electrons. The lowest BCUT2D eigenvalue weighted by Gasteiger charge is -2.12. The highest BCUT2D eigenvalue weighted by Gasteiger charge is 2.66. The van der Waals surface area contributed by atoms with Gasteiger partial charge in [0.05, 0.1) is 12.1 Å². The zero-order chi connectivity index (χ0) is 14.8. The lowest BCUT2D eigenvalue weighted by molar-refractivity contribution is 0.0820. The lowest BCUT2D eigenvalue weighted by atomic mass is 10.0. The monoisotopic (exact) mass is 294 g/mol. The number of amides is 1. The molecule has 22 heavy (non-hydrogen) atoms. The minimum absolute atomic E-state index is 0.0479. The maximum atomic E-state index is 12.6. The van der Waals surface area contributed by atoms with Crippen molar-refractivity contribution in [2.45, 2.75) is 43.9 Å². The highest BCUT2D eigenvalue weighted by atomic mass is 16.4. The van der Waals surface area contributed by atoms with Crippen molar-refractivity contribution >= 4 is 5.91 Å². The molecule has 1 N–H and O–H groups in total. The molecule has 4 atom stereocenters. The normalized spacial score (nSPS) is 31.4. The number of hydrogen-bond donors (Lipinski definition) is 1. The summed E-state index contributed by atoms with van der Waals surface area (Å²) in [6, 6.07) is 13.7. The van der Waals surface area contributed by atoms with Gasteiger partial charge in [-0.2, -0.15) is 0 Å². The van der Waals surface area contributed by atoms with Gasteiger partial charge in [0.25, 0.3) is 5.91 Å². The first-order valence-electron chi connectivity index (χ1n) is 7.98. The quantitative estimate of drug-likeness (QED) is 0.866. The second kappa shape index (κ2) is 4.23. The van der Waals surface area contributed by atoms with Crippen molar-refractivity contribution < 1.29 is 9.21 Å². The minimum atomic E-state index is 0.0479. The molecule has 3 saturated heterocycles. The van der Waals surface area contributed by atoms with Crippen molar-refractivity contribution in [1.29, 1.82) is 0 Å². The number of aryl methyl sites for hydroxylation is 1. The average Bonchev–Trinajstić information content (AvgIpc) is 2.91. The van der Waals surface area contributed by atoms with Crippen molar-refractivity contribution in [3.63, 3.8) is 0 Å². The van der Waals surface area contributed by atoms with Gasteiger partial charge in [-0.1, -0.05) is 29.8 Å². The molecular formula is C18H18N2O2. The molecule has 0 spiro atoms. The number of nitrogens with one attached hydrogen (secondary N) is 1. The Labute approximate surface area is 129 Å². The number of likely N-dealkylation sites (tertiary alicyclic amines) is 1. The fourth-order valence-electron chi connectivity index (χ4n) is 4.20. The van der Waals surface area contributed by atoms with E-state index in [1.54, 1.807) is 6.07 Å². The van der Waals surface area contributed by atoms with Crippen LogP contribution in [0, 0.1) is 6.92 Å². The molecule has 3 unspecified atom stereocenters. The Morgan fingerprint density at radius 2 is 1.77 bits per heavy atom. The molecule has 4 nitrogen and oxygen atoms in total. The number of rotatable bonds is 2. The maximum absolute atomic E-state index is 12.6. The van der Waals surface area contributed by atoms with Crippen LogP contribution in [0.4, 0.5) is 0 Å². The van der Waals surface area contributed by atoms with Gasteiger partial charge in [-0.05, 0) is 31.9 Å². The number of carbonyl (C=O) groups excluding carboxylic acids is 1. The van der Waals surface area contributed by atoms with E-state index >= 15 is 0 Å². The largest absolute Gasteiger partial charge is 0.451 e. The van der Waals surface area contributed by atoms with Gasteiger partial charge in [0.2, 0.25) is 0 Å². The highest BCUT2D eigenvalue weighted by Crippen LogP contribution is 2.47. The molecule has 1 amide bonds. The van der Waals surface area contributed by atoms with Crippen LogP contribution in [0.2, 0.25) is 0 Å². The third kappa shape index (κ3) is 1.64. The Hall–Kier alpha value is -2.07. The first-order valence-corrected chi connectivity index (χ1v) is 7.98. The molecule has 3 fully saturated rings. The van der Waals surface area contributed by atoms with Gasteiger partial charge in [0.1, 0.15) is 5.76 Å². The predicted molar refractivity (Wildman–Crippen MR) is 82.6 cm³/mol. The first kappa shape index (κ1) is 12.5. The number of nitrogens with zero attached hydrogens (tertiary/aromatic N) is 1. The summed E-state index contributed by atoms with van der Waals surface area (Å²) in [6.07, 6.45) is 2.39. The number of benzene rings is 1. The topological polar surface area (TPSA) is 45.2 Å². The van der Waals surface area contributed by atoms with E-state index in [0.717, 1.165) is 11.3 Å². The molecule has 3 aliphatic heterocycles. The Morgan fingerprint density at radius 1 is 1.09 bits per heavy atom. The molecule has 2 bridgehead atoms. The molecule has 0 aliphatic carbocycles. The van der Waals surface area contributed by atoms with Gasteiger partial charge in [-0.15, -0.1) is 0 Å². The van der Waals surface area contributed by atoms with E-state index in [4.69, 9.17) is 4.42 Å². The highest BCUT2D eigenvalue weighted by molar-refractivity contribution is 5.95. The Bertz CT molecular complexity index is 733. The van der Waals surface area contributed by atoms with Crippen LogP contribution in [-0.4, -0.2) is 35.0 Å². The molecule has 2 aromatic rings. The second-order valence-corrected chi connectivity index (χ2v) is 6.68. The summed E-state index contributed by atoms with van der Waals surface area (Å²) in [5, 5.41) is 3.58. The van der Waals surface area contributed by atoms with Crippen molar-refractivity contribution in [2.75, 3.05) is 0 Å². The Kier molecular flexibility index (Phi) is 2.40. The van der Waals surface area contributed by atoms with Crippen LogP contribution in [0.25, 0.3) is 11.3 Å². The Morgan fingerprint density at radius 3 is 2.45 bits per heavy atom. The molecule has 0 saturated carbocycles. The Balaban J connectivity index is 1.39. The second-order valence-electron chi connectivity index (χ2n) is 6.68. The zero-order valence-corrected chi connectivity index (χ0v) is 12.5. The predicted octanol–water partition coefficient (Wildman–Crippen LogP) is 2.58. The number of piperazine rings is 1. The van der Waals surface area contributed by atoms with Crippen molar-refractivity contribution in [2.24, 2.45) is 0 Å². The molecular weight excluding hydrogens is 276 g/mol. The number of furan rings is 1. The molecule has 112 valence electrons. The number of carbonyl (C=O) groups is 1. The fourth-order valence-corrected chi connectivity index (χ4v) is 4.20. The number of fused-ring (bicyclic) bond motifs is 5. The van der Waals surface area contributed by atoms with Crippen molar-refractivity contribution in [1.82, 2.24) is 10.2 Å². The zero-order valence-electron chi connectivity index (χ0n) is 12.5. The third-order valence-corrected chi connectivity index (χ3v) is 5.33. The average molecular weight is 294 g/mol. The lowest BCUT2D eigenvalue weighted by Crippen LogP contribution is -2.35. The van der Waals surface area contributed by atoms with Gasteiger partial charge < -0.3 is 14.6 Å². The van der Waals surface area contributed by atoms with E-state index in [0.29, 0.717) is 29.9 Å². The molecule has 3 aliphatic rings. The van der Waals surface area contributed by atoms with E-state index < -0.39 is 0 Å². The van der Waals surface area contributed by atoms with Crippen LogP contribution >= 0.6 is 0 Å². The van der Waals surface area contributed by atoms with E-state index in [9.17, 15) is 4.79 Å². The summed E-state index contributed by atoms with van der Waals surface area (Å²) >= 11 is 0. The van der Waals surface area contributed by atoms with Crippen LogP contribution < -0.4 is 5.32 Å². The fraction of sp³-hybridized carbons (Fsp3) is 0.389. The van der Waals surface area contributed by atoms with Crippen molar-refractivity contribution in [3.8, 4) is 11.3 Å². The van der Waals surface area contributed by atoms with Crippen molar-refractivity contribution in [3.05, 3.63) is 47.7 Å². The van der Waals surface area contributed by atoms with Gasteiger partial charge >= 0.3 is 0 Å². The molecule has 1 aromatic heterocycles. The van der Waals surface area contributed by atoms with E-state index in [2.05, 4.69) is 24.4 Å². The number of hydrogen-bond acceptors (Lipinski definition) is 3. The molecule has 4 heterocycles. The van der Waals surface area contributed by atoms with E-state index in [-0.39, 0.29) is 5.91 Å². The van der Waals surface area contributed by atoms with Crippen LogP contribution in [-0.2, 0) is 0 Å². The van der Waals surface area contributed by atoms with Crippen LogP contribution in [0.5, 0.6) is 0 Å². The summed E-state index contributed by atoms with van der Waals surface area (Å²) in [6.45, 7) is 2.06. The van der Waals surface area contributed by atoms with E-state index in [1.165, 1.54) is 18.4 Å². The first-order chi connectivity index (χ1) is 10.7. The minimum Gasteiger partial charge on any atom is -0.451 e. The van der Waals surface area contributed by atoms with Crippen LogP contribution in [0.1, 0.15) is 29.0 Å². The molecule has 5 rings (SSSR count). The van der Waals surface area contributed by atoms with Gasteiger partial charge in [0, 0.05) is 17.6 Å². The summed E-state index contributed by atoms with van der Waals surface area (Å²) in [7, 11) is 0. The van der Waals surface area contributed by atoms with Gasteiger partial charge in [0.15, 0.2) is 5.76 Å². The SMILES string of the molecule is Cc1ccc(-c2ccc(C(=O)N3C4C5CCC(N5)[C@@H]43)o2)cc1. The molecule has 1 aromatic carbocycles. The van der Waals surface area contributed by atoms with Gasteiger partial charge in [-0.25, -0.2) is 0 Å². The standard InChI is InChI=1S/C18H18N2O2/c1-10-2-4-11(5-3-10)14-8-9-15(22-14)18(21)20-16-12-6-7-13(19-12)17(16)20/h2-5,8-9,12-13,16-17,19H,6-7H2,1H3/t12?,13?,16-,17?,20?/m0/s1. The van der Waals surface area contributed by atoms with Crippen LogP contribution in [0.15, 0.2) is 40.8 Å². The van der Waals surface area contributed by atoms with Crippen LogP contribution in [0.3, 0.4) is 0 Å². The summed E-state index contributed by atoms with van der Waals surface area (Å²) in [4.78, 5) is 14.7. The van der Waals surface area contributed by atoms with E-state index in [1.807, 2.05) is 23.1 Å². The van der Waals surface area contributed by atoms with Gasteiger partial charge in [-0.3, -0.25) is 4.79 Å². The smallest absolute Gasteiger partial charge is 0.290 e. The molecule has 4 heteroatoms. The summed E-state index contributed by atoms with van der Waals surface area (Å²) < 4.78 is 5.82. The third-order valence-electron chi connectivity index (χ3n) is 5.33. The maximum Gasteiger partial charge on any atom is 0.290 e. The summed E-state index contributed by atoms with van der Waals surface area (Å²) in [5.41, 5.74) is 2.23.